The van der Waals surface area contributed by atoms with Crippen molar-refractivity contribution < 1.29 is 14.3 Å². The standard InChI is InChI=1S/C14H17BrFNO2/c15-11-3-1-10(13(16)9-11)2-4-14(19)17-7-5-12(18)6-8-17/h1,3,9,12,18H,2,4-8H2. The number of benzene rings is 1. The second-order valence-electron chi connectivity index (χ2n) is 4.85. The molecule has 1 N–H and O–H groups in total. The van der Waals surface area contributed by atoms with E-state index in [4.69, 9.17) is 0 Å². The molecule has 5 heteroatoms. The summed E-state index contributed by atoms with van der Waals surface area (Å²) in [4.78, 5) is 13.7. The minimum Gasteiger partial charge on any atom is -0.393 e. The number of carbonyl (C=O) groups excluding carboxylic acids is 1. The Bertz CT molecular complexity index is 459. The third-order valence-electron chi connectivity index (χ3n) is 3.44. The van der Waals surface area contributed by atoms with Gasteiger partial charge in [-0.1, -0.05) is 22.0 Å². The molecule has 1 fully saturated rings. The number of rotatable bonds is 3. The number of nitrogens with zero attached hydrogens (tertiary/aromatic N) is 1. The van der Waals surface area contributed by atoms with Crippen LogP contribution in [0.15, 0.2) is 22.7 Å². The number of amides is 1. The van der Waals surface area contributed by atoms with Gasteiger partial charge in [0, 0.05) is 24.0 Å². The van der Waals surface area contributed by atoms with Crippen LogP contribution in [0.25, 0.3) is 0 Å². The number of piperidine rings is 1. The van der Waals surface area contributed by atoms with E-state index in [2.05, 4.69) is 15.9 Å². The molecule has 0 atom stereocenters. The lowest BCUT2D eigenvalue weighted by molar-refractivity contribution is -0.133. The summed E-state index contributed by atoms with van der Waals surface area (Å²) in [7, 11) is 0. The summed E-state index contributed by atoms with van der Waals surface area (Å²) in [6.07, 6.45) is 1.72. The molecule has 0 aliphatic carbocycles. The van der Waals surface area contributed by atoms with Crippen molar-refractivity contribution in [2.24, 2.45) is 0 Å². The fraction of sp³-hybridized carbons (Fsp3) is 0.500. The van der Waals surface area contributed by atoms with Gasteiger partial charge >= 0.3 is 0 Å². The maximum absolute atomic E-state index is 13.6. The summed E-state index contributed by atoms with van der Waals surface area (Å²) in [6, 6.07) is 4.89. The van der Waals surface area contributed by atoms with Crippen LogP contribution >= 0.6 is 15.9 Å². The molecular formula is C14H17BrFNO2. The first kappa shape index (κ1) is 14.5. The Labute approximate surface area is 120 Å². The summed E-state index contributed by atoms with van der Waals surface area (Å²) in [6.45, 7) is 1.20. The van der Waals surface area contributed by atoms with Gasteiger partial charge in [-0.15, -0.1) is 0 Å². The zero-order chi connectivity index (χ0) is 13.8. The van der Waals surface area contributed by atoms with Crippen molar-refractivity contribution in [2.45, 2.75) is 31.8 Å². The molecular weight excluding hydrogens is 313 g/mol. The quantitative estimate of drug-likeness (QED) is 0.925. The highest BCUT2D eigenvalue weighted by Crippen LogP contribution is 2.17. The first-order valence-corrected chi connectivity index (χ1v) is 7.25. The van der Waals surface area contributed by atoms with E-state index in [9.17, 15) is 14.3 Å². The van der Waals surface area contributed by atoms with Gasteiger partial charge in [0.1, 0.15) is 5.82 Å². The Hall–Kier alpha value is -0.940. The van der Waals surface area contributed by atoms with Crippen LogP contribution in [0.1, 0.15) is 24.8 Å². The summed E-state index contributed by atoms with van der Waals surface area (Å²) in [5, 5.41) is 9.39. The van der Waals surface area contributed by atoms with Crippen LogP contribution in [-0.2, 0) is 11.2 Å². The van der Waals surface area contributed by atoms with Gasteiger partial charge in [0.2, 0.25) is 5.91 Å². The minimum absolute atomic E-state index is 0.0363. The molecule has 1 amide bonds. The SMILES string of the molecule is O=C(CCc1ccc(Br)cc1F)N1CCC(O)CC1. The number of halogens is 2. The first-order chi connectivity index (χ1) is 9.06. The van der Waals surface area contributed by atoms with Gasteiger partial charge in [-0.2, -0.15) is 0 Å². The van der Waals surface area contributed by atoms with E-state index in [0.29, 0.717) is 48.8 Å². The number of likely N-dealkylation sites (tertiary alicyclic amines) is 1. The van der Waals surface area contributed by atoms with Gasteiger partial charge in [-0.3, -0.25) is 4.79 Å². The zero-order valence-electron chi connectivity index (χ0n) is 10.6. The molecule has 0 bridgehead atoms. The van der Waals surface area contributed by atoms with Gasteiger partial charge in [-0.05, 0) is 37.0 Å². The second kappa shape index (κ2) is 6.48. The highest BCUT2D eigenvalue weighted by atomic mass is 79.9. The van der Waals surface area contributed by atoms with Crippen molar-refractivity contribution in [3.63, 3.8) is 0 Å². The van der Waals surface area contributed by atoms with Crippen LogP contribution in [0.4, 0.5) is 4.39 Å². The number of carbonyl (C=O) groups is 1. The van der Waals surface area contributed by atoms with Crippen molar-refractivity contribution in [3.8, 4) is 0 Å². The van der Waals surface area contributed by atoms with Crippen molar-refractivity contribution in [1.82, 2.24) is 4.90 Å². The van der Waals surface area contributed by atoms with Gasteiger partial charge in [0.15, 0.2) is 0 Å². The van der Waals surface area contributed by atoms with Crippen LogP contribution in [-0.4, -0.2) is 35.1 Å². The average molecular weight is 330 g/mol. The Morgan fingerprint density at radius 1 is 1.42 bits per heavy atom. The Kier molecular flexibility index (Phi) is 4.93. The molecule has 3 nitrogen and oxygen atoms in total. The molecule has 1 aromatic carbocycles. The molecule has 0 spiro atoms. The average Bonchev–Trinajstić information content (AvgIpc) is 2.38. The molecule has 1 aromatic rings. The van der Waals surface area contributed by atoms with E-state index >= 15 is 0 Å². The predicted molar refractivity (Wildman–Crippen MR) is 74.2 cm³/mol. The molecule has 0 radical (unpaired) electrons. The van der Waals surface area contributed by atoms with Gasteiger partial charge < -0.3 is 10.0 Å². The molecule has 1 saturated heterocycles. The monoisotopic (exact) mass is 329 g/mol. The van der Waals surface area contributed by atoms with E-state index in [1.807, 2.05) is 0 Å². The van der Waals surface area contributed by atoms with Crippen LogP contribution in [0.3, 0.4) is 0 Å². The zero-order valence-corrected chi connectivity index (χ0v) is 12.2. The molecule has 0 saturated carbocycles. The van der Waals surface area contributed by atoms with Crippen molar-refractivity contribution >= 4 is 21.8 Å². The van der Waals surface area contributed by atoms with E-state index in [1.54, 1.807) is 17.0 Å². The van der Waals surface area contributed by atoms with E-state index < -0.39 is 0 Å². The largest absolute Gasteiger partial charge is 0.393 e. The fourth-order valence-electron chi connectivity index (χ4n) is 2.24. The topological polar surface area (TPSA) is 40.5 Å². The molecule has 1 aliphatic rings. The summed E-state index contributed by atoms with van der Waals surface area (Å²) in [5.41, 5.74) is 0.564. The molecule has 2 rings (SSSR count). The maximum atomic E-state index is 13.6. The number of hydrogen-bond donors (Lipinski definition) is 1. The highest BCUT2D eigenvalue weighted by molar-refractivity contribution is 9.10. The molecule has 104 valence electrons. The van der Waals surface area contributed by atoms with Crippen molar-refractivity contribution in [1.29, 1.82) is 0 Å². The lowest BCUT2D eigenvalue weighted by atomic mass is 10.1. The van der Waals surface area contributed by atoms with E-state index in [-0.39, 0.29) is 17.8 Å². The third-order valence-corrected chi connectivity index (χ3v) is 3.93. The molecule has 1 heterocycles. The van der Waals surface area contributed by atoms with Crippen LogP contribution in [0.2, 0.25) is 0 Å². The highest BCUT2D eigenvalue weighted by Gasteiger charge is 2.21. The smallest absolute Gasteiger partial charge is 0.222 e. The lowest BCUT2D eigenvalue weighted by Gasteiger charge is -2.29. The van der Waals surface area contributed by atoms with Gasteiger partial charge in [0.25, 0.3) is 0 Å². The first-order valence-electron chi connectivity index (χ1n) is 6.46. The molecule has 0 aromatic heterocycles. The molecule has 19 heavy (non-hydrogen) atoms. The predicted octanol–water partition coefficient (Wildman–Crippen LogP) is 2.50. The fourth-order valence-corrected chi connectivity index (χ4v) is 2.57. The van der Waals surface area contributed by atoms with Crippen molar-refractivity contribution in [3.05, 3.63) is 34.1 Å². The normalized spacial score (nSPS) is 16.7. The number of aryl methyl sites for hydroxylation is 1. The van der Waals surface area contributed by atoms with Gasteiger partial charge in [0.05, 0.1) is 6.10 Å². The Morgan fingerprint density at radius 2 is 2.11 bits per heavy atom. The molecule has 0 unspecified atom stereocenters. The van der Waals surface area contributed by atoms with Crippen molar-refractivity contribution in [2.75, 3.05) is 13.1 Å². The summed E-state index contributed by atoms with van der Waals surface area (Å²) < 4.78 is 14.3. The molecule has 1 aliphatic heterocycles. The Morgan fingerprint density at radius 3 is 2.74 bits per heavy atom. The summed E-state index contributed by atoms with van der Waals surface area (Å²) in [5.74, 6) is -0.245. The van der Waals surface area contributed by atoms with E-state index in [1.165, 1.54) is 6.07 Å². The third kappa shape index (κ3) is 4.01. The lowest BCUT2D eigenvalue weighted by Crippen LogP contribution is -2.40. The van der Waals surface area contributed by atoms with Gasteiger partial charge in [-0.25, -0.2) is 4.39 Å². The Balaban J connectivity index is 1.86. The number of aliphatic hydroxyl groups is 1. The number of aliphatic hydroxyl groups excluding tert-OH is 1. The number of hydrogen-bond acceptors (Lipinski definition) is 2. The minimum atomic E-state index is -0.284. The van der Waals surface area contributed by atoms with Crippen LogP contribution in [0, 0.1) is 5.82 Å². The summed E-state index contributed by atoms with van der Waals surface area (Å²) >= 11 is 3.21. The van der Waals surface area contributed by atoms with Crippen LogP contribution in [0.5, 0.6) is 0 Å². The second-order valence-corrected chi connectivity index (χ2v) is 5.76. The van der Waals surface area contributed by atoms with Crippen LogP contribution < -0.4 is 0 Å². The maximum Gasteiger partial charge on any atom is 0.222 e. The van der Waals surface area contributed by atoms with E-state index in [0.717, 1.165) is 0 Å².